The van der Waals surface area contributed by atoms with Crippen molar-refractivity contribution in [2.45, 2.75) is 0 Å². The number of rotatable bonds is 8. The smallest absolute Gasteiger partial charge is 0.0701 e. The Morgan fingerprint density at radius 2 is 0.556 bits per heavy atom. The summed E-state index contributed by atoms with van der Waals surface area (Å²) in [5.41, 5.74) is 17.8. The summed E-state index contributed by atoms with van der Waals surface area (Å²) < 4.78 is 5.08. The van der Waals surface area contributed by atoms with E-state index in [1.165, 1.54) is 65.3 Å². The van der Waals surface area contributed by atoms with Gasteiger partial charge in [0.1, 0.15) is 0 Å². The van der Waals surface area contributed by atoms with Crippen LogP contribution in [0.3, 0.4) is 0 Å². The van der Waals surface area contributed by atoms with Crippen molar-refractivity contribution < 1.29 is 0 Å². The van der Waals surface area contributed by atoms with E-state index in [9.17, 15) is 0 Å². The molecule has 4 nitrogen and oxygen atoms in total. The molecule has 0 spiro atoms. The third kappa shape index (κ3) is 6.54. The first-order valence-corrected chi connectivity index (χ1v) is 24.6. The fourth-order valence-corrected chi connectivity index (χ4v) is 11.4. The van der Waals surface area contributed by atoms with Crippen LogP contribution in [0, 0.1) is 0 Å². The molecule has 0 atom stereocenters. The van der Waals surface area contributed by atoms with Crippen LogP contribution in [0.5, 0.6) is 0 Å². The Morgan fingerprint density at radius 1 is 0.236 bits per heavy atom. The largest absolute Gasteiger partial charge is 0.308 e. The molecule has 4 heterocycles. The van der Waals surface area contributed by atoms with Crippen molar-refractivity contribution in [1.82, 2.24) is 19.1 Å². The van der Waals surface area contributed by atoms with Crippen LogP contribution < -0.4 is 0 Å². The summed E-state index contributed by atoms with van der Waals surface area (Å²) >= 11 is 0. The molecule has 0 bridgehead atoms. The predicted molar refractivity (Wildman–Crippen MR) is 301 cm³/mol. The molecule has 4 aromatic heterocycles. The quantitative estimate of drug-likeness (QED) is 0.142. The maximum absolute atomic E-state index is 4.72. The average Bonchev–Trinajstić information content (AvgIpc) is 4.02. The lowest BCUT2D eigenvalue weighted by molar-refractivity contribution is 1.14. The molecule has 0 fully saturated rings. The molecule has 0 radical (unpaired) electrons. The van der Waals surface area contributed by atoms with Crippen molar-refractivity contribution >= 4 is 54.1 Å². The first-order valence-electron chi connectivity index (χ1n) is 24.6. The number of aromatic nitrogens is 4. The van der Waals surface area contributed by atoms with Crippen LogP contribution in [-0.4, -0.2) is 19.1 Å². The van der Waals surface area contributed by atoms with Gasteiger partial charge in [-0.2, -0.15) is 0 Å². The van der Waals surface area contributed by atoms with E-state index in [2.05, 4.69) is 240 Å². The van der Waals surface area contributed by atoms with Gasteiger partial charge in [-0.25, -0.2) is 0 Å². The molecule has 4 heteroatoms. The Hall–Kier alpha value is -9.64. The van der Waals surface area contributed by atoms with Gasteiger partial charge in [-0.3, -0.25) is 9.97 Å². The topological polar surface area (TPSA) is 35.6 Å². The lowest BCUT2D eigenvalue weighted by Crippen LogP contribution is -1.99. The molecule has 0 N–H and O–H groups in total. The van der Waals surface area contributed by atoms with E-state index in [0.29, 0.717) is 0 Å². The van der Waals surface area contributed by atoms with Crippen LogP contribution in [-0.2, 0) is 0 Å². The summed E-state index contributed by atoms with van der Waals surface area (Å²) in [4.78, 5) is 9.44. The second-order valence-corrected chi connectivity index (χ2v) is 18.4. The number of pyridine rings is 2. The summed E-state index contributed by atoms with van der Waals surface area (Å²) in [6, 6.07) is 92.3. The number of nitrogens with zero attached hydrogens (tertiary/aromatic N) is 4. The molecule has 336 valence electrons. The van der Waals surface area contributed by atoms with E-state index in [4.69, 9.17) is 9.97 Å². The molecule has 0 aliphatic heterocycles. The van der Waals surface area contributed by atoms with Gasteiger partial charge in [0, 0.05) is 78.3 Å². The number of hydrogen-bond donors (Lipinski definition) is 0. The van der Waals surface area contributed by atoms with Gasteiger partial charge >= 0.3 is 0 Å². The van der Waals surface area contributed by atoms with Gasteiger partial charge in [0.05, 0.1) is 33.8 Å². The second-order valence-electron chi connectivity index (χ2n) is 18.4. The summed E-state index contributed by atoms with van der Waals surface area (Å²) in [5.74, 6) is 0. The fraction of sp³-hybridized carbons (Fsp3) is 0. The van der Waals surface area contributed by atoms with Crippen molar-refractivity contribution in [2.75, 3.05) is 0 Å². The van der Waals surface area contributed by atoms with E-state index in [-0.39, 0.29) is 0 Å². The zero-order valence-corrected chi connectivity index (χ0v) is 39.2. The van der Waals surface area contributed by atoms with Crippen molar-refractivity contribution in [3.8, 4) is 78.7 Å². The van der Waals surface area contributed by atoms with Crippen LogP contribution in [0.4, 0.5) is 0 Å². The minimum atomic E-state index is 0.946. The van der Waals surface area contributed by atoms with E-state index in [0.717, 1.165) is 67.5 Å². The van der Waals surface area contributed by atoms with Crippen LogP contribution in [0.1, 0.15) is 0 Å². The van der Waals surface area contributed by atoms with Crippen molar-refractivity contribution in [3.05, 3.63) is 267 Å². The number of benzene rings is 10. The third-order valence-electron chi connectivity index (χ3n) is 14.4. The zero-order chi connectivity index (χ0) is 47.5. The maximum atomic E-state index is 4.72. The summed E-state index contributed by atoms with van der Waals surface area (Å²) in [6.07, 6.45) is 3.72. The molecule has 0 saturated carbocycles. The molecule has 0 saturated heterocycles. The van der Waals surface area contributed by atoms with Gasteiger partial charge in [0.2, 0.25) is 0 Å². The van der Waals surface area contributed by atoms with E-state index < -0.39 is 0 Å². The Morgan fingerprint density at radius 3 is 0.903 bits per heavy atom. The summed E-state index contributed by atoms with van der Waals surface area (Å²) in [5, 5.41) is 9.63. The van der Waals surface area contributed by atoms with Crippen LogP contribution in [0.15, 0.2) is 267 Å². The minimum Gasteiger partial charge on any atom is -0.308 e. The normalized spacial score (nSPS) is 11.6. The maximum Gasteiger partial charge on any atom is 0.0701 e. The monoisotopic (exact) mass is 916 g/mol. The first-order chi connectivity index (χ1) is 35.8. The van der Waals surface area contributed by atoms with Gasteiger partial charge < -0.3 is 9.13 Å². The van der Waals surface area contributed by atoms with Crippen LogP contribution in [0.25, 0.3) is 133 Å². The Labute approximate surface area is 417 Å². The standard InChI is InChI=1S/C68H44N4/c1-5-21-47(22-6-1)59-63-61-53-29-13-16-32-56(53)68-64(60(48-23-7-2-8-24-48)66(50-27-11-4-12-28-50)72(68)52-41-37-46(38-42-52)58-34-18-20-44-70-58)62(61)54-30-14-15-31-55(54)67(63)71(65(59)49-25-9-3-10-26-49)51-39-35-45(36-40-51)57-33-17-19-43-69-57/h1-44H. The third-order valence-corrected chi connectivity index (χ3v) is 14.4. The predicted octanol–water partition coefficient (Wildman–Crippen LogP) is 17.8. The zero-order valence-electron chi connectivity index (χ0n) is 39.2. The SMILES string of the molecule is c1ccc(-c2c(-c3ccccc3)n(-c3ccc(-c4ccccn4)cc3)c3c4ccccc4c4c5c(-c6ccccc6)c(-c6ccccc6)n(-c6ccc(-c7ccccn7)cc6)c5c5ccccc5c4c23)cc1. The Balaban J connectivity index is 1.24. The number of fused-ring (bicyclic) bond motifs is 11. The first kappa shape index (κ1) is 41.3. The van der Waals surface area contributed by atoms with Crippen molar-refractivity contribution in [3.63, 3.8) is 0 Å². The van der Waals surface area contributed by atoms with E-state index >= 15 is 0 Å². The van der Waals surface area contributed by atoms with Crippen LogP contribution >= 0.6 is 0 Å². The molecule has 0 unspecified atom stereocenters. The molecule has 0 amide bonds. The van der Waals surface area contributed by atoms with Crippen molar-refractivity contribution in [2.24, 2.45) is 0 Å². The second kappa shape index (κ2) is 17.1. The lowest BCUT2D eigenvalue weighted by atomic mass is 9.86. The lowest BCUT2D eigenvalue weighted by Gasteiger charge is -2.17. The van der Waals surface area contributed by atoms with E-state index in [1.54, 1.807) is 0 Å². The van der Waals surface area contributed by atoms with Gasteiger partial charge in [0.25, 0.3) is 0 Å². The molecular formula is C68H44N4. The Kier molecular flexibility index (Phi) is 9.82. The molecule has 14 aromatic rings. The molecule has 14 rings (SSSR count). The van der Waals surface area contributed by atoms with Crippen molar-refractivity contribution in [1.29, 1.82) is 0 Å². The van der Waals surface area contributed by atoms with Gasteiger partial charge in [-0.05, 0) is 81.6 Å². The highest BCUT2D eigenvalue weighted by molar-refractivity contribution is 6.43. The average molecular weight is 917 g/mol. The van der Waals surface area contributed by atoms with Gasteiger partial charge in [-0.15, -0.1) is 0 Å². The van der Waals surface area contributed by atoms with Gasteiger partial charge in [-0.1, -0.05) is 206 Å². The number of hydrogen-bond acceptors (Lipinski definition) is 2. The summed E-state index contributed by atoms with van der Waals surface area (Å²) in [6.45, 7) is 0. The molecule has 0 aliphatic rings. The highest BCUT2D eigenvalue weighted by Gasteiger charge is 2.31. The van der Waals surface area contributed by atoms with E-state index in [1.807, 2.05) is 36.7 Å². The van der Waals surface area contributed by atoms with Gasteiger partial charge in [0.15, 0.2) is 0 Å². The minimum absolute atomic E-state index is 0.946. The molecule has 72 heavy (non-hydrogen) atoms. The molecular weight excluding hydrogens is 873 g/mol. The highest BCUT2D eigenvalue weighted by atomic mass is 15.0. The molecule has 10 aromatic carbocycles. The summed E-state index contributed by atoms with van der Waals surface area (Å²) in [7, 11) is 0. The highest BCUT2D eigenvalue weighted by Crippen LogP contribution is 2.55. The Bertz CT molecular complexity index is 4020. The molecule has 0 aliphatic carbocycles. The fourth-order valence-electron chi connectivity index (χ4n) is 11.4. The van der Waals surface area contributed by atoms with Crippen LogP contribution in [0.2, 0.25) is 0 Å².